The normalized spacial score (nSPS) is 26.8. The van der Waals surface area contributed by atoms with Gasteiger partial charge in [-0.15, -0.1) is 0 Å². The Balaban J connectivity index is 1.46. The summed E-state index contributed by atoms with van der Waals surface area (Å²) < 4.78 is 10.7. The maximum Gasteiger partial charge on any atom is 0.259 e. The van der Waals surface area contributed by atoms with Crippen molar-refractivity contribution in [2.75, 3.05) is 26.2 Å². The molecule has 2 aliphatic heterocycles. The fourth-order valence-electron chi connectivity index (χ4n) is 4.72. The van der Waals surface area contributed by atoms with Crippen LogP contribution in [0.1, 0.15) is 46.4 Å². The zero-order valence-electron chi connectivity index (χ0n) is 16.3. The molecule has 4 heterocycles. The van der Waals surface area contributed by atoms with Crippen LogP contribution in [0.2, 0.25) is 0 Å². The molecule has 0 N–H and O–H groups in total. The molecule has 2 saturated heterocycles. The summed E-state index contributed by atoms with van der Waals surface area (Å²) in [5.41, 5.74) is 0.594. The second kappa shape index (κ2) is 5.89. The molecule has 2 aromatic heterocycles. The van der Waals surface area contributed by atoms with Gasteiger partial charge in [-0.2, -0.15) is 4.98 Å². The maximum atomic E-state index is 13.2. The van der Waals surface area contributed by atoms with Crippen molar-refractivity contribution >= 4 is 11.8 Å². The van der Waals surface area contributed by atoms with Gasteiger partial charge in [0.15, 0.2) is 5.82 Å². The summed E-state index contributed by atoms with van der Waals surface area (Å²) >= 11 is 0. The van der Waals surface area contributed by atoms with Gasteiger partial charge in [0.25, 0.3) is 5.91 Å². The minimum absolute atomic E-state index is 0.0690. The van der Waals surface area contributed by atoms with Crippen molar-refractivity contribution in [3.05, 3.63) is 28.7 Å². The minimum Gasteiger partial charge on any atom is -0.361 e. The van der Waals surface area contributed by atoms with Crippen LogP contribution in [-0.4, -0.2) is 63.1 Å². The molecule has 1 aliphatic carbocycles. The minimum atomic E-state index is -0.513. The molecule has 28 heavy (non-hydrogen) atoms. The summed E-state index contributed by atoms with van der Waals surface area (Å²) in [6.45, 7) is 7.41. The maximum absolute atomic E-state index is 13.2. The number of fused-ring (bicyclic) bond motifs is 1. The molecule has 148 valence electrons. The van der Waals surface area contributed by atoms with Crippen molar-refractivity contribution in [1.29, 1.82) is 0 Å². The Morgan fingerprint density at radius 2 is 1.75 bits per heavy atom. The number of likely N-dealkylation sites (tertiary alicyclic amines) is 2. The lowest BCUT2D eigenvalue weighted by molar-refractivity contribution is -0.131. The monoisotopic (exact) mass is 385 g/mol. The molecule has 0 spiro atoms. The number of aromatic nitrogens is 3. The number of rotatable bonds is 3. The summed E-state index contributed by atoms with van der Waals surface area (Å²) in [4.78, 5) is 34.1. The number of nitrogens with zero attached hydrogens (tertiary/aromatic N) is 5. The topological polar surface area (TPSA) is 106 Å². The highest BCUT2D eigenvalue weighted by Gasteiger charge is 2.59. The van der Waals surface area contributed by atoms with Crippen molar-refractivity contribution in [3.63, 3.8) is 0 Å². The highest BCUT2D eigenvalue weighted by molar-refractivity contribution is 5.96. The molecule has 9 heteroatoms. The van der Waals surface area contributed by atoms with Gasteiger partial charge in [-0.3, -0.25) is 9.59 Å². The van der Waals surface area contributed by atoms with Gasteiger partial charge in [0.1, 0.15) is 11.3 Å². The van der Waals surface area contributed by atoms with Gasteiger partial charge in [-0.25, -0.2) is 0 Å². The van der Waals surface area contributed by atoms with Crippen LogP contribution in [0.5, 0.6) is 0 Å². The lowest BCUT2D eigenvalue weighted by Gasteiger charge is -2.26. The second-order valence-corrected chi connectivity index (χ2v) is 8.38. The van der Waals surface area contributed by atoms with Crippen LogP contribution in [0.25, 0.3) is 0 Å². The van der Waals surface area contributed by atoms with Crippen LogP contribution in [-0.2, 0) is 10.2 Å². The zero-order chi connectivity index (χ0) is 19.6. The number of amides is 2. The van der Waals surface area contributed by atoms with Crippen molar-refractivity contribution in [2.45, 2.75) is 39.0 Å². The van der Waals surface area contributed by atoms with Crippen LogP contribution < -0.4 is 0 Å². The Kier molecular flexibility index (Phi) is 3.66. The molecule has 2 amide bonds. The summed E-state index contributed by atoms with van der Waals surface area (Å²) in [5, 5.41) is 7.87. The van der Waals surface area contributed by atoms with Gasteiger partial charge in [0, 0.05) is 38.0 Å². The van der Waals surface area contributed by atoms with E-state index in [0.717, 1.165) is 12.8 Å². The first-order valence-corrected chi connectivity index (χ1v) is 9.71. The molecular weight excluding hydrogens is 362 g/mol. The summed E-state index contributed by atoms with van der Waals surface area (Å²) in [6.07, 6.45) is 1.95. The average molecular weight is 385 g/mol. The number of carbonyl (C=O) groups excluding carboxylic acids is 2. The van der Waals surface area contributed by atoms with E-state index in [2.05, 4.69) is 15.3 Å². The third-order valence-electron chi connectivity index (χ3n) is 6.34. The van der Waals surface area contributed by atoms with E-state index in [4.69, 9.17) is 9.05 Å². The molecule has 3 fully saturated rings. The van der Waals surface area contributed by atoms with E-state index in [1.54, 1.807) is 20.8 Å². The predicted octanol–water partition coefficient (Wildman–Crippen LogP) is 1.25. The molecule has 1 saturated carbocycles. The first-order valence-electron chi connectivity index (χ1n) is 9.71. The molecule has 5 rings (SSSR count). The Hall–Kier alpha value is -2.71. The standard InChI is InChI=1S/C19H23N5O4/c1-10-15(11(2)27-21-10)17(26)24-7-14-6-23(16(25)13-4-5-13)8-19(14,9-24)18-20-12(3)22-28-18/h13-14H,4-9H2,1-3H3/t14-,19-/m1/s1. The largest absolute Gasteiger partial charge is 0.361 e. The number of hydrogen-bond donors (Lipinski definition) is 0. The first kappa shape index (κ1) is 17.4. The quantitative estimate of drug-likeness (QED) is 0.783. The molecule has 2 atom stereocenters. The SMILES string of the molecule is Cc1noc([C@]23CN(C(=O)c4c(C)noc4C)C[C@H]2CN(C(=O)C2CC2)C3)n1. The fraction of sp³-hybridized carbons (Fsp3) is 0.632. The molecule has 9 nitrogen and oxygen atoms in total. The van der Waals surface area contributed by atoms with Gasteiger partial charge in [0.2, 0.25) is 11.8 Å². The molecular formula is C19H23N5O4. The van der Waals surface area contributed by atoms with E-state index >= 15 is 0 Å². The molecule has 0 aromatic carbocycles. The van der Waals surface area contributed by atoms with Crippen LogP contribution in [0.3, 0.4) is 0 Å². The Bertz CT molecular complexity index is 942. The van der Waals surface area contributed by atoms with Gasteiger partial charge in [0.05, 0.1) is 11.1 Å². The number of carbonyl (C=O) groups is 2. The van der Waals surface area contributed by atoms with Crippen LogP contribution in [0.4, 0.5) is 0 Å². The van der Waals surface area contributed by atoms with E-state index in [1.807, 2.05) is 9.80 Å². The van der Waals surface area contributed by atoms with Crippen LogP contribution in [0.15, 0.2) is 9.05 Å². The highest BCUT2D eigenvalue weighted by atomic mass is 16.5. The highest BCUT2D eigenvalue weighted by Crippen LogP contribution is 2.46. The van der Waals surface area contributed by atoms with Crippen molar-refractivity contribution in [1.82, 2.24) is 25.1 Å². The number of hydrogen-bond acceptors (Lipinski definition) is 7. The van der Waals surface area contributed by atoms with Crippen molar-refractivity contribution in [3.8, 4) is 0 Å². The molecule has 2 aromatic rings. The van der Waals surface area contributed by atoms with Gasteiger partial charge in [-0.1, -0.05) is 10.3 Å². The number of aryl methyl sites for hydroxylation is 3. The summed E-state index contributed by atoms with van der Waals surface area (Å²) in [5.74, 6) is 1.96. The molecule has 3 aliphatic rings. The van der Waals surface area contributed by atoms with Gasteiger partial charge < -0.3 is 18.8 Å². The summed E-state index contributed by atoms with van der Waals surface area (Å²) in [7, 11) is 0. The van der Waals surface area contributed by atoms with Crippen molar-refractivity contribution < 1.29 is 18.6 Å². The van der Waals surface area contributed by atoms with E-state index < -0.39 is 5.41 Å². The second-order valence-electron chi connectivity index (χ2n) is 8.38. The van der Waals surface area contributed by atoms with E-state index in [9.17, 15) is 9.59 Å². The zero-order valence-corrected chi connectivity index (χ0v) is 16.3. The Labute approximate surface area is 162 Å². The average Bonchev–Trinajstić information content (AvgIpc) is 2.96. The van der Waals surface area contributed by atoms with Crippen LogP contribution in [0, 0.1) is 32.6 Å². The van der Waals surface area contributed by atoms with E-state index in [1.165, 1.54) is 0 Å². The predicted molar refractivity (Wildman–Crippen MR) is 95.4 cm³/mol. The van der Waals surface area contributed by atoms with Crippen LogP contribution >= 0.6 is 0 Å². The van der Waals surface area contributed by atoms with Gasteiger partial charge >= 0.3 is 0 Å². The van der Waals surface area contributed by atoms with Gasteiger partial charge in [-0.05, 0) is 33.6 Å². The first-order chi connectivity index (χ1) is 13.4. The lowest BCUT2D eigenvalue weighted by Crippen LogP contribution is -2.41. The molecule has 0 unspecified atom stereocenters. The third-order valence-corrected chi connectivity index (χ3v) is 6.34. The van der Waals surface area contributed by atoms with E-state index in [0.29, 0.717) is 54.9 Å². The van der Waals surface area contributed by atoms with Crippen molar-refractivity contribution in [2.24, 2.45) is 11.8 Å². The lowest BCUT2D eigenvalue weighted by atomic mass is 9.81. The fourth-order valence-corrected chi connectivity index (χ4v) is 4.72. The Morgan fingerprint density at radius 1 is 1.04 bits per heavy atom. The van der Waals surface area contributed by atoms with E-state index in [-0.39, 0.29) is 23.7 Å². The Morgan fingerprint density at radius 3 is 2.36 bits per heavy atom. The third kappa shape index (κ3) is 2.48. The summed E-state index contributed by atoms with van der Waals surface area (Å²) in [6, 6.07) is 0. The molecule has 0 bridgehead atoms. The molecule has 0 radical (unpaired) electrons. The smallest absolute Gasteiger partial charge is 0.259 e.